The highest BCUT2D eigenvalue weighted by molar-refractivity contribution is 5.75. The van der Waals surface area contributed by atoms with Gasteiger partial charge in [0.15, 0.2) is 11.5 Å². The summed E-state index contributed by atoms with van der Waals surface area (Å²) in [5.74, 6) is 1.52. The lowest BCUT2D eigenvalue weighted by molar-refractivity contribution is -0.121. The molecule has 110 valence electrons. The Morgan fingerprint density at radius 2 is 2.20 bits per heavy atom. The molecule has 1 heterocycles. The lowest BCUT2D eigenvalue weighted by atomic mass is 10.1. The number of nitrogens with two attached hydrogens (primary N) is 1. The smallest absolute Gasteiger partial charge is 0.220 e. The van der Waals surface area contributed by atoms with Crippen LogP contribution in [0.1, 0.15) is 26.2 Å². The van der Waals surface area contributed by atoms with Gasteiger partial charge in [-0.3, -0.25) is 4.79 Å². The second-order valence-electron chi connectivity index (χ2n) is 5.17. The summed E-state index contributed by atoms with van der Waals surface area (Å²) in [7, 11) is 0. The standard InChI is InChI=1S/C15H22N2O3/c1-11(16)5-4-8-15(18)17-9-12-10-19-13-6-2-3-7-14(13)20-12/h2-3,6-7,11-12H,4-5,8-10,16H2,1H3,(H,17,18). The van der Waals surface area contributed by atoms with Crippen LogP contribution in [0.25, 0.3) is 0 Å². The van der Waals surface area contributed by atoms with E-state index in [-0.39, 0.29) is 18.1 Å². The number of hydrogen-bond donors (Lipinski definition) is 2. The molecule has 20 heavy (non-hydrogen) atoms. The van der Waals surface area contributed by atoms with Crippen LogP contribution in [0, 0.1) is 0 Å². The van der Waals surface area contributed by atoms with Crippen molar-refractivity contribution in [3.8, 4) is 11.5 Å². The summed E-state index contributed by atoms with van der Waals surface area (Å²) in [4.78, 5) is 11.7. The molecule has 0 aromatic heterocycles. The number of benzene rings is 1. The molecule has 2 atom stereocenters. The van der Waals surface area contributed by atoms with Crippen LogP contribution in [0.4, 0.5) is 0 Å². The van der Waals surface area contributed by atoms with Crippen molar-refractivity contribution in [1.82, 2.24) is 5.32 Å². The van der Waals surface area contributed by atoms with E-state index in [1.807, 2.05) is 31.2 Å². The van der Waals surface area contributed by atoms with E-state index in [1.54, 1.807) is 0 Å². The molecule has 2 rings (SSSR count). The molecular weight excluding hydrogens is 256 g/mol. The van der Waals surface area contributed by atoms with Crippen LogP contribution in [-0.4, -0.2) is 31.2 Å². The van der Waals surface area contributed by atoms with Gasteiger partial charge in [-0.1, -0.05) is 12.1 Å². The molecule has 0 saturated carbocycles. The average Bonchev–Trinajstić information content (AvgIpc) is 2.44. The maximum absolute atomic E-state index is 11.7. The third-order valence-electron chi connectivity index (χ3n) is 3.16. The first-order valence-corrected chi connectivity index (χ1v) is 7.06. The van der Waals surface area contributed by atoms with Crippen LogP contribution in [0.2, 0.25) is 0 Å². The van der Waals surface area contributed by atoms with Gasteiger partial charge in [0.25, 0.3) is 0 Å². The predicted molar refractivity (Wildman–Crippen MR) is 76.9 cm³/mol. The Morgan fingerprint density at radius 1 is 1.45 bits per heavy atom. The Bertz CT molecular complexity index is 448. The molecule has 1 aromatic rings. The Morgan fingerprint density at radius 3 is 2.95 bits per heavy atom. The zero-order valence-electron chi connectivity index (χ0n) is 11.8. The maximum atomic E-state index is 11.7. The molecule has 0 fully saturated rings. The maximum Gasteiger partial charge on any atom is 0.220 e. The first-order valence-electron chi connectivity index (χ1n) is 7.06. The van der Waals surface area contributed by atoms with Crippen LogP contribution in [0.3, 0.4) is 0 Å². The third-order valence-corrected chi connectivity index (χ3v) is 3.16. The Balaban J connectivity index is 1.69. The zero-order valence-corrected chi connectivity index (χ0v) is 11.8. The highest BCUT2D eigenvalue weighted by Gasteiger charge is 2.20. The highest BCUT2D eigenvalue weighted by Crippen LogP contribution is 2.30. The Kier molecular flexibility index (Phi) is 5.24. The van der Waals surface area contributed by atoms with Gasteiger partial charge in [-0.25, -0.2) is 0 Å². The van der Waals surface area contributed by atoms with Gasteiger partial charge < -0.3 is 20.5 Å². The minimum Gasteiger partial charge on any atom is -0.486 e. The number of para-hydroxylation sites is 2. The number of fused-ring (bicyclic) bond motifs is 1. The van der Waals surface area contributed by atoms with Gasteiger partial charge in [0.05, 0.1) is 6.54 Å². The second-order valence-corrected chi connectivity index (χ2v) is 5.17. The van der Waals surface area contributed by atoms with E-state index >= 15 is 0 Å². The normalized spacial score (nSPS) is 18.4. The number of ether oxygens (including phenoxy) is 2. The largest absolute Gasteiger partial charge is 0.486 e. The van der Waals surface area contributed by atoms with E-state index in [2.05, 4.69) is 5.32 Å². The summed E-state index contributed by atoms with van der Waals surface area (Å²) in [6.07, 6.45) is 2.05. The summed E-state index contributed by atoms with van der Waals surface area (Å²) >= 11 is 0. The van der Waals surface area contributed by atoms with Crippen molar-refractivity contribution in [1.29, 1.82) is 0 Å². The van der Waals surface area contributed by atoms with Crippen LogP contribution < -0.4 is 20.5 Å². The Hall–Kier alpha value is -1.75. The zero-order chi connectivity index (χ0) is 14.4. The number of carbonyl (C=O) groups is 1. The summed E-state index contributed by atoms with van der Waals surface area (Å²) in [5, 5.41) is 2.87. The van der Waals surface area contributed by atoms with Crippen LogP contribution in [0.15, 0.2) is 24.3 Å². The number of nitrogens with one attached hydrogen (secondary N) is 1. The molecule has 5 nitrogen and oxygen atoms in total. The summed E-state index contributed by atoms with van der Waals surface area (Å²) < 4.78 is 11.4. The average molecular weight is 278 g/mol. The summed E-state index contributed by atoms with van der Waals surface area (Å²) in [6, 6.07) is 7.69. The number of rotatable bonds is 6. The van der Waals surface area contributed by atoms with Gasteiger partial charge in [0, 0.05) is 12.5 Å². The summed E-state index contributed by atoms with van der Waals surface area (Å²) in [6.45, 7) is 2.87. The molecule has 0 aliphatic carbocycles. The van der Waals surface area contributed by atoms with Crippen LogP contribution in [-0.2, 0) is 4.79 Å². The number of hydrogen-bond acceptors (Lipinski definition) is 4. The molecule has 1 aromatic carbocycles. The fourth-order valence-electron chi connectivity index (χ4n) is 2.06. The van der Waals surface area contributed by atoms with Crippen molar-refractivity contribution in [2.45, 2.75) is 38.3 Å². The third kappa shape index (κ3) is 4.42. The molecule has 1 amide bonds. The predicted octanol–water partition coefficient (Wildman–Crippen LogP) is 1.46. The molecule has 5 heteroatoms. The second kappa shape index (κ2) is 7.14. The van der Waals surface area contributed by atoms with E-state index in [9.17, 15) is 4.79 Å². The topological polar surface area (TPSA) is 73.6 Å². The fourth-order valence-corrected chi connectivity index (χ4v) is 2.06. The van der Waals surface area contributed by atoms with Crippen LogP contribution >= 0.6 is 0 Å². The minimum absolute atomic E-state index is 0.0353. The van der Waals surface area contributed by atoms with Crippen LogP contribution in [0.5, 0.6) is 11.5 Å². The van der Waals surface area contributed by atoms with Gasteiger partial charge in [-0.15, -0.1) is 0 Å². The van der Waals surface area contributed by atoms with Gasteiger partial charge >= 0.3 is 0 Å². The molecule has 1 aliphatic heterocycles. The lowest BCUT2D eigenvalue weighted by Crippen LogP contribution is -2.40. The van der Waals surface area contributed by atoms with Crippen molar-refractivity contribution in [3.05, 3.63) is 24.3 Å². The monoisotopic (exact) mass is 278 g/mol. The van der Waals surface area contributed by atoms with Gasteiger partial charge in [0.1, 0.15) is 12.7 Å². The molecule has 3 N–H and O–H groups in total. The molecular formula is C15H22N2O3. The van der Waals surface area contributed by atoms with Crippen molar-refractivity contribution in [3.63, 3.8) is 0 Å². The van der Waals surface area contributed by atoms with Crippen molar-refractivity contribution < 1.29 is 14.3 Å². The lowest BCUT2D eigenvalue weighted by Gasteiger charge is -2.26. The van der Waals surface area contributed by atoms with Gasteiger partial charge in [0.2, 0.25) is 5.91 Å². The molecule has 0 spiro atoms. The van der Waals surface area contributed by atoms with E-state index < -0.39 is 0 Å². The SMILES string of the molecule is CC(N)CCCC(=O)NCC1COc2ccccc2O1. The minimum atomic E-state index is -0.137. The van der Waals surface area contributed by atoms with E-state index in [0.29, 0.717) is 19.6 Å². The summed E-state index contributed by atoms with van der Waals surface area (Å²) in [5.41, 5.74) is 5.65. The fraction of sp³-hybridized carbons (Fsp3) is 0.533. The quantitative estimate of drug-likeness (QED) is 0.826. The van der Waals surface area contributed by atoms with E-state index in [1.165, 1.54) is 0 Å². The number of carbonyl (C=O) groups excluding carboxylic acids is 1. The first-order chi connectivity index (χ1) is 9.65. The van der Waals surface area contributed by atoms with Gasteiger partial charge in [-0.2, -0.15) is 0 Å². The Labute approximate surface area is 119 Å². The first kappa shape index (κ1) is 14.7. The molecule has 0 bridgehead atoms. The molecule has 2 unspecified atom stereocenters. The number of amides is 1. The van der Waals surface area contributed by atoms with Crippen molar-refractivity contribution >= 4 is 5.91 Å². The highest BCUT2D eigenvalue weighted by atomic mass is 16.6. The van der Waals surface area contributed by atoms with Crippen molar-refractivity contribution in [2.24, 2.45) is 5.73 Å². The molecule has 0 radical (unpaired) electrons. The van der Waals surface area contributed by atoms with E-state index in [4.69, 9.17) is 15.2 Å². The molecule has 1 aliphatic rings. The van der Waals surface area contributed by atoms with Gasteiger partial charge in [-0.05, 0) is 31.9 Å². The van der Waals surface area contributed by atoms with Crippen molar-refractivity contribution in [2.75, 3.05) is 13.2 Å². The molecule has 0 saturated heterocycles. The van der Waals surface area contributed by atoms with E-state index in [0.717, 1.165) is 24.3 Å².